The summed E-state index contributed by atoms with van der Waals surface area (Å²) in [6, 6.07) is 2.02. The summed E-state index contributed by atoms with van der Waals surface area (Å²) in [7, 11) is 0. The Bertz CT molecular complexity index is 499. The summed E-state index contributed by atoms with van der Waals surface area (Å²) in [6.45, 7) is 0.926. The van der Waals surface area contributed by atoms with E-state index in [-0.39, 0.29) is 5.91 Å². The fraction of sp³-hybridized carbons (Fsp3) is 0.571. The first kappa shape index (κ1) is 12.7. The van der Waals surface area contributed by atoms with E-state index in [9.17, 15) is 9.59 Å². The van der Waals surface area contributed by atoms with Crippen LogP contribution in [0.1, 0.15) is 39.4 Å². The number of carboxylic acid groups (broad SMARTS) is 1. The zero-order valence-corrected chi connectivity index (χ0v) is 11.5. The van der Waals surface area contributed by atoms with Crippen LogP contribution in [0.5, 0.6) is 0 Å². The Balaban J connectivity index is 1.74. The van der Waals surface area contributed by atoms with Crippen LogP contribution >= 0.6 is 11.3 Å². The number of hydrogen-bond acceptors (Lipinski definition) is 3. The molecule has 102 valence electrons. The van der Waals surface area contributed by atoms with Crippen LogP contribution < -0.4 is 0 Å². The van der Waals surface area contributed by atoms with Crippen molar-refractivity contribution in [2.45, 2.75) is 32.1 Å². The number of carbonyl (C=O) groups excluding carboxylic acids is 1. The van der Waals surface area contributed by atoms with Crippen molar-refractivity contribution in [3.05, 3.63) is 21.4 Å². The summed E-state index contributed by atoms with van der Waals surface area (Å²) < 4.78 is 0. The highest BCUT2D eigenvalue weighted by molar-refractivity contribution is 7.14. The highest BCUT2D eigenvalue weighted by Crippen LogP contribution is 2.31. The van der Waals surface area contributed by atoms with E-state index in [1.54, 1.807) is 16.2 Å². The lowest BCUT2D eigenvalue weighted by Gasteiger charge is -2.14. The second-order valence-corrected chi connectivity index (χ2v) is 6.48. The van der Waals surface area contributed by atoms with Gasteiger partial charge >= 0.3 is 5.97 Å². The molecule has 4 nitrogen and oxygen atoms in total. The molecule has 0 unspecified atom stereocenters. The van der Waals surface area contributed by atoms with Gasteiger partial charge in [-0.1, -0.05) is 0 Å². The van der Waals surface area contributed by atoms with Crippen molar-refractivity contribution in [3.8, 4) is 0 Å². The summed E-state index contributed by atoms with van der Waals surface area (Å²) in [5.74, 6) is -1.16. The standard InChI is InChI=1S/C14H17NO3S/c16-13(15-6-5-10(8-15)14(17)18)12-7-9-3-1-2-4-11(9)19-12/h7,10H,1-6,8H2,(H,17,18)/t10-/m0/s1. The fourth-order valence-electron chi connectivity index (χ4n) is 2.90. The molecule has 3 rings (SSSR count). The number of amides is 1. The molecule has 1 aromatic heterocycles. The minimum Gasteiger partial charge on any atom is -0.481 e. The van der Waals surface area contributed by atoms with Gasteiger partial charge < -0.3 is 10.0 Å². The third-order valence-electron chi connectivity index (χ3n) is 4.03. The van der Waals surface area contributed by atoms with Gasteiger partial charge in [0.1, 0.15) is 0 Å². The zero-order chi connectivity index (χ0) is 13.4. The number of aryl methyl sites for hydroxylation is 2. The molecular formula is C14H17NO3S. The molecular weight excluding hydrogens is 262 g/mol. The average molecular weight is 279 g/mol. The van der Waals surface area contributed by atoms with Gasteiger partial charge in [-0.15, -0.1) is 11.3 Å². The highest BCUT2D eigenvalue weighted by atomic mass is 32.1. The van der Waals surface area contributed by atoms with Gasteiger partial charge in [-0.3, -0.25) is 9.59 Å². The molecule has 1 atom stereocenters. The minimum absolute atomic E-state index is 0.0168. The number of likely N-dealkylation sites (tertiary alicyclic amines) is 1. The van der Waals surface area contributed by atoms with Gasteiger partial charge in [0.15, 0.2) is 0 Å². The molecule has 0 saturated carbocycles. The largest absolute Gasteiger partial charge is 0.481 e. The SMILES string of the molecule is O=C(O)[C@H]1CCN(C(=O)c2cc3c(s2)CCCC3)C1. The number of carboxylic acids is 1. The van der Waals surface area contributed by atoms with Gasteiger partial charge in [0, 0.05) is 18.0 Å². The van der Waals surface area contributed by atoms with Crippen LogP contribution in [0.2, 0.25) is 0 Å². The van der Waals surface area contributed by atoms with Crippen molar-refractivity contribution in [3.63, 3.8) is 0 Å². The Hall–Kier alpha value is -1.36. The van der Waals surface area contributed by atoms with Crippen LogP contribution in [0.15, 0.2) is 6.07 Å². The van der Waals surface area contributed by atoms with E-state index in [1.165, 1.54) is 23.3 Å². The van der Waals surface area contributed by atoms with Crippen molar-refractivity contribution in [1.29, 1.82) is 0 Å². The molecule has 5 heteroatoms. The first-order chi connectivity index (χ1) is 9.15. The molecule has 19 heavy (non-hydrogen) atoms. The Morgan fingerprint density at radius 2 is 2.11 bits per heavy atom. The summed E-state index contributed by atoms with van der Waals surface area (Å²) in [6.07, 6.45) is 5.17. The van der Waals surface area contributed by atoms with Crippen molar-refractivity contribution in [2.24, 2.45) is 5.92 Å². The molecule has 0 radical (unpaired) electrons. The lowest BCUT2D eigenvalue weighted by Crippen LogP contribution is -2.29. The van der Waals surface area contributed by atoms with E-state index in [1.807, 2.05) is 6.07 Å². The lowest BCUT2D eigenvalue weighted by molar-refractivity contribution is -0.141. The third-order valence-corrected chi connectivity index (χ3v) is 5.26. The maximum absolute atomic E-state index is 12.4. The van der Waals surface area contributed by atoms with E-state index in [0.717, 1.165) is 17.7 Å². The second kappa shape index (κ2) is 4.96. The molecule has 1 aliphatic carbocycles. The molecule has 0 bridgehead atoms. The van der Waals surface area contributed by atoms with Gasteiger partial charge in [-0.25, -0.2) is 0 Å². The number of fused-ring (bicyclic) bond motifs is 1. The summed E-state index contributed by atoms with van der Waals surface area (Å²) >= 11 is 1.60. The summed E-state index contributed by atoms with van der Waals surface area (Å²) in [4.78, 5) is 27.1. The van der Waals surface area contributed by atoms with Crippen LogP contribution in [0.3, 0.4) is 0 Å². The molecule has 1 amide bonds. The molecule has 1 saturated heterocycles. The number of carbonyl (C=O) groups is 2. The van der Waals surface area contributed by atoms with E-state index in [0.29, 0.717) is 19.5 Å². The molecule has 1 fully saturated rings. The van der Waals surface area contributed by atoms with Gasteiger partial charge in [0.25, 0.3) is 5.91 Å². The molecule has 1 aliphatic heterocycles. The van der Waals surface area contributed by atoms with Gasteiger partial charge in [-0.2, -0.15) is 0 Å². The molecule has 2 aliphatic rings. The van der Waals surface area contributed by atoms with Crippen molar-refractivity contribution in [1.82, 2.24) is 4.90 Å². The average Bonchev–Trinajstić information content (AvgIpc) is 3.04. The molecule has 0 spiro atoms. The van der Waals surface area contributed by atoms with Crippen LogP contribution in [-0.2, 0) is 17.6 Å². The van der Waals surface area contributed by atoms with E-state index >= 15 is 0 Å². The topological polar surface area (TPSA) is 57.6 Å². The van der Waals surface area contributed by atoms with Gasteiger partial charge in [0.05, 0.1) is 10.8 Å². The van der Waals surface area contributed by atoms with Crippen LogP contribution in [0, 0.1) is 5.92 Å². The van der Waals surface area contributed by atoms with Crippen molar-refractivity contribution in [2.75, 3.05) is 13.1 Å². The molecule has 0 aromatic carbocycles. The summed E-state index contributed by atoms with van der Waals surface area (Å²) in [5.41, 5.74) is 1.33. The Morgan fingerprint density at radius 1 is 1.32 bits per heavy atom. The van der Waals surface area contributed by atoms with E-state index < -0.39 is 11.9 Å². The highest BCUT2D eigenvalue weighted by Gasteiger charge is 2.32. The van der Waals surface area contributed by atoms with Gasteiger partial charge in [0.2, 0.25) is 0 Å². The monoisotopic (exact) mass is 279 g/mol. The Morgan fingerprint density at radius 3 is 2.79 bits per heavy atom. The first-order valence-electron chi connectivity index (χ1n) is 6.79. The lowest BCUT2D eigenvalue weighted by atomic mass is 9.99. The number of rotatable bonds is 2. The fourth-order valence-corrected chi connectivity index (χ4v) is 4.12. The number of thiophene rings is 1. The van der Waals surface area contributed by atoms with Crippen LogP contribution in [0.4, 0.5) is 0 Å². The second-order valence-electron chi connectivity index (χ2n) is 5.34. The van der Waals surface area contributed by atoms with E-state index in [4.69, 9.17) is 5.11 Å². The number of hydrogen-bond donors (Lipinski definition) is 1. The third kappa shape index (κ3) is 2.39. The first-order valence-corrected chi connectivity index (χ1v) is 7.60. The minimum atomic E-state index is -0.791. The van der Waals surface area contributed by atoms with Crippen LogP contribution in [-0.4, -0.2) is 35.0 Å². The zero-order valence-electron chi connectivity index (χ0n) is 10.7. The predicted octanol–water partition coefficient (Wildman–Crippen LogP) is 2.17. The van der Waals surface area contributed by atoms with Crippen molar-refractivity contribution >= 4 is 23.2 Å². The van der Waals surface area contributed by atoms with Crippen LogP contribution in [0.25, 0.3) is 0 Å². The smallest absolute Gasteiger partial charge is 0.308 e. The summed E-state index contributed by atoms with van der Waals surface area (Å²) in [5, 5.41) is 8.98. The molecule has 2 heterocycles. The van der Waals surface area contributed by atoms with Crippen molar-refractivity contribution < 1.29 is 14.7 Å². The van der Waals surface area contributed by atoms with Gasteiger partial charge in [-0.05, 0) is 43.7 Å². The maximum Gasteiger partial charge on any atom is 0.308 e. The maximum atomic E-state index is 12.4. The normalized spacial score (nSPS) is 22.3. The molecule has 1 aromatic rings. The quantitative estimate of drug-likeness (QED) is 0.902. The Kier molecular flexibility index (Phi) is 3.31. The predicted molar refractivity (Wildman–Crippen MR) is 72.6 cm³/mol. The molecule has 1 N–H and O–H groups in total. The van der Waals surface area contributed by atoms with E-state index in [2.05, 4.69) is 0 Å². The Labute approximate surface area is 116 Å². The number of nitrogens with zero attached hydrogens (tertiary/aromatic N) is 1. The number of aliphatic carboxylic acids is 1.